The number of amides is 1. The molecule has 1 N–H and O–H groups in total. The van der Waals surface area contributed by atoms with E-state index in [0.717, 1.165) is 30.3 Å². The summed E-state index contributed by atoms with van der Waals surface area (Å²) in [5, 5.41) is 0.585. The molecule has 1 aromatic heterocycles. The van der Waals surface area contributed by atoms with Gasteiger partial charge in [-0.15, -0.1) is 0 Å². The molecule has 0 saturated carbocycles. The third kappa shape index (κ3) is 3.22. The van der Waals surface area contributed by atoms with Crippen LogP contribution in [0.25, 0.3) is 10.9 Å². The molecule has 24 heavy (non-hydrogen) atoms. The molecule has 0 radical (unpaired) electrons. The summed E-state index contributed by atoms with van der Waals surface area (Å²) < 4.78 is 0. The van der Waals surface area contributed by atoms with Crippen LogP contribution in [-0.2, 0) is 0 Å². The van der Waals surface area contributed by atoms with Crippen molar-refractivity contribution in [1.29, 1.82) is 0 Å². The van der Waals surface area contributed by atoms with Crippen molar-refractivity contribution < 1.29 is 4.79 Å². The third-order valence-electron chi connectivity index (χ3n) is 4.98. The van der Waals surface area contributed by atoms with Gasteiger partial charge < -0.3 is 14.8 Å². The monoisotopic (exact) mass is 327 g/mol. The zero-order valence-corrected chi connectivity index (χ0v) is 14.6. The maximum atomic E-state index is 12.9. The van der Waals surface area contributed by atoms with Crippen molar-refractivity contribution in [3.8, 4) is 0 Å². The summed E-state index contributed by atoms with van der Waals surface area (Å²) >= 11 is 0. The molecular weight excluding hydrogens is 302 g/mol. The van der Waals surface area contributed by atoms with E-state index in [9.17, 15) is 9.59 Å². The molecule has 0 unspecified atom stereocenters. The molecular formula is C19H25N3O2. The van der Waals surface area contributed by atoms with Crippen LogP contribution >= 0.6 is 0 Å². The Morgan fingerprint density at radius 1 is 1.25 bits per heavy atom. The summed E-state index contributed by atoms with van der Waals surface area (Å²) in [7, 11) is 4.16. The molecule has 0 spiro atoms. The number of aryl methyl sites for hydroxylation is 1. The minimum Gasteiger partial charge on any atom is -0.360 e. The first kappa shape index (κ1) is 16.7. The van der Waals surface area contributed by atoms with Crippen molar-refractivity contribution in [3.05, 3.63) is 45.7 Å². The summed E-state index contributed by atoms with van der Waals surface area (Å²) in [5.41, 5.74) is 1.86. The summed E-state index contributed by atoms with van der Waals surface area (Å²) in [6.07, 6.45) is 4.57. The second-order valence-electron chi connectivity index (χ2n) is 6.92. The lowest BCUT2D eigenvalue weighted by atomic mass is 10.1. The molecule has 2 aromatic rings. The van der Waals surface area contributed by atoms with E-state index in [1.54, 1.807) is 6.20 Å². The smallest absolute Gasteiger partial charge is 0.259 e. The quantitative estimate of drug-likeness (QED) is 0.921. The van der Waals surface area contributed by atoms with Gasteiger partial charge in [-0.2, -0.15) is 0 Å². The number of pyridine rings is 1. The van der Waals surface area contributed by atoms with Crippen molar-refractivity contribution in [3.63, 3.8) is 0 Å². The van der Waals surface area contributed by atoms with Crippen molar-refractivity contribution in [1.82, 2.24) is 14.8 Å². The molecule has 0 bridgehead atoms. The zero-order valence-electron chi connectivity index (χ0n) is 14.6. The molecule has 1 fully saturated rings. The lowest BCUT2D eigenvalue weighted by Gasteiger charge is -2.23. The number of likely N-dealkylation sites (tertiary alicyclic amines) is 1. The standard InChI is InChI=1S/C19H25N3O2/c1-13-6-7-17-15(11-13)18(23)16(12-20-17)19(24)22-9-4-5-14(8-10-22)21(2)3/h6-7,11-12,14H,4-5,8-10H2,1-3H3,(H,20,23)/t14-/m1/s1. The third-order valence-corrected chi connectivity index (χ3v) is 4.98. The first-order valence-corrected chi connectivity index (χ1v) is 8.55. The molecule has 5 nitrogen and oxygen atoms in total. The first-order chi connectivity index (χ1) is 11.5. The molecule has 1 aliphatic rings. The Balaban J connectivity index is 1.89. The second kappa shape index (κ2) is 6.77. The zero-order chi connectivity index (χ0) is 17.3. The van der Waals surface area contributed by atoms with Gasteiger partial charge in [-0.1, -0.05) is 11.6 Å². The van der Waals surface area contributed by atoms with E-state index in [0.29, 0.717) is 24.5 Å². The van der Waals surface area contributed by atoms with Gasteiger partial charge in [0.15, 0.2) is 0 Å². The van der Waals surface area contributed by atoms with E-state index in [1.807, 2.05) is 30.0 Å². The number of H-pyrrole nitrogens is 1. The minimum atomic E-state index is -0.175. The van der Waals surface area contributed by atoms with Crippen molar-refractivity contribution in [2.45, 2.75) is 32.2 Å². The highest BCUT2D eigenvalue weighted by Gasteiger charge is 2.24. The second-order valence-corrected chi connectivity index (χ2v) is 6.92. The number of hydrogen-bond acceptors (Lipinski definition) is 3. The number of carbonyl (C=O) groups is 1. The highest BCUT2D eigenvalue weighted by Crippen LogP contribution is 2.17. The van der Waals surface area contributed by atoms with E-state index in [1.165, 1.54) is 0 Å². The Morgan fingerprint density at radius 2 is 2.04 bits per heavy atom. The molecule has 1 amide bonds. The van der Waals surface area contributed by atoms with E-state index in [-0.39, 0.29) is 16.9 Å². The Bertz CT molecular complexity index is 810. The highest BCUT2D eigenvalue weighted by atomic mass is 16.2. The largest absolute Gasteiger partial charge is 0.360 e. The molecule has 1 saturated heterocycles. The van der Waals surface area contributed by atoms with Crippen LogP contribution in [0.1, 0.15) is 35.2 Å². The Hall–Kier alpha value is -2.14. The molecule has 1 atom stereocenters. The fourth-order valence-corrected chi connectivity index (χ4v) is 3.46. The van der Waals surface area contributed by atoms with Gasteiger partial charge in [0.1, 0.15) is 5.56 Å². The molecule has 3 rings (SSSR count). The average molecular weight is 327 g/mol. The maximum Gasteiger partial charge on any atom is 0.259 e. The van der Waals surface area contributed by atoms with Crippen LogP contribution in [0.3, 0.4) is 0 Å². The van der Waals surface area contributed by atoms with Gasteiger partial charge >= 0.3 is 0 Å². The summed E-state index contributed by atoms with van der Waals surface area (Å²) in [6, 6.07) is 6.18. The van der Waals surface area contributed by atoms with Crippen LogP contribution in [0, 0.1) is 6.92 Å². The Kier molecular flexibility index (Phi) is 4.71. The molecule has 2 heterocycles. The van der Waals surface area contributed by atoms with Gasteiger partial charge in [0.25, 0.3) is 5.91 Å². The topological polar surface area (TPSA) is 56.4 Å². The predicted octanol–water partition coefficient (Wildman–Crippen LogP) is 2.39. The molecule has 0 aliphatic carbocycles. The van der Waals surface area contributed by atoms with Crippen LogP contribution in [0.15, 0.2) is 29.2 Å². The normalized spacial score (nSPS) is 18.8. The summed E-state index contributed by atoms with van der Waals surface area (Å²) in [6.45, 7) is 3.37. The Labute approximate surface area is 142 Å². The number of benzene rings is 1. The van der Waals surface area contributed by atoms with Gasteiger partial charge in [-0.05, 0) is 52.4 Å². The van der Waals surface area contributed by atoms with Gasteiger partial charge in [0.05, 0.1) is 0 Å². The van der Waals surface area contributed by atoms with Crippen LogP contribution in [-0.4, -0.2) is 53.9 Å². The van der Waals surface area contributed by atoms with Gasteiger partial charge in [0, 0.05) is 36.2 Å². The van der Waals surface area contributed by atoms with Crippen LogP contribution in [0.5, 0.6) is 0 Å². The molecule has 1 aromatic carbocycles. The predicted molar refractivity (Wildman–Crippen MR) is 96.5 cm³/mol. The number of hydrogen-bond donors (Lipinski definition) is 1. The van der Waals surface area contributed by atoms with Crippen molar-refractivity contribution >= 4 is 16.8 Å². The highest BCUT2D eigenvalue weighted by molar-refractivity contribution is 5.97. The Morgan fingerprint density at radius 3 is 2.79 bits per heavy atom. The van der Waals surface area contributed by atoms with Crippen LogP contribution in [0.2, 0.25) is 0 Å². The number of aromatic amines is 1. The average Bonchev–Trinajstić information content (AvgIpc) is 2.81. The first-order valence-electron chi connectivity index (χ1n) is 8.55. The SMILES string of the molecule is Cc1ccc2[nH]cc(C(=O)N3CCC[C@@H](N(C)C)CC3)c(=O)c2c1. The van der Waals surface area contributed by atoms with Gasteiger partial charge in [0.2, 0.25) is 5.43 Å². The number of fused-ring (bicyclic) bond motifs is 1. The van der Waals surface area contributed by atoms with Crippen LogP contribution < -0.4 is 5.43 Å². The molecule has 1 aliphatic heterocycles. The number of nitrogens with one attached hydrogen (secondary N) is 1. The number of aromatic nitrogens is 1. The lowest BCUT2D eigenvalue weighted by molar-refractivity contribution is 0.0757. The van der Waals surface area contributed by atoms with Gasteiger partial charge in [-0.25, -0.2) is 0 Å². The fraction of sp³-hybridized carbons (Fsp3) is 0.474. The summed E-state index contributed by atoms with van der Waals surface area (Å²) in [4.78, 5) is 32.8. The summed E-state index contributed by atoms with van der Waals surface area (Å²) in [5.74, 6) is -0.154. The molecule has 5 heteroatoms. The van der Waals surface area contributed by atoms with Gasteiger partial charge in [-0.3, -0.25) is 9.59 Å². The van der Waals surface area contributed by atoms with E-state index in [4.69, 9.17) is 0 Å². The number of nitrogens with zero attached hydrogens (tertiary/aromatic N) is 2. The van der Waals surface area contributed by atoms with Crippen molar-refractivity contribution in [2.24, 2.45) is 0 Å². The molecule has 128 valence electrons. The van der Waals surface area contributed by atoms with E-state index >= 15 is 0 Å². The van der Waals surface area contributed by atoms with Crippen LogP contribution in [0.4, 0.5) is 0 Å². The number of carbonyl (C=O) groups excluding carboxylic acids is 1. The van der Waals surface area contributed by atoms with E-state index < -0.39 is 0 Å². The number of rotatable bonds is 2. The minimum absolute atomic E-state index is 0.154. The lowest BCUT2D eigenvalue weighted by Crippen LogP contribution is -2.36. The van der Waals surface area contributed by atoms with E-state index in [2.05, 4.69) is 24.0 Å². The fourth-order valence-electron chi connectivity index (χ4n) is 3.46. The van der Waals surface area contributed by atoms with Crippen molar-refractivity contribution in [2.75, 3.05) is 27.2 Å². The maximum absolute atomic E-state index is 12.9.